The zero-order valence-corrected chi connectivity index (χ0v) is 15.0. The van der Waals surface area contributed by atoms with Crippen LogP contribution in [-0.4, -0.2) is 52.0 Å². The summed E-state index contributed by atoms with van der Waals surface area (Å²) in [6, 6.07) is 1.67. The van der Waals surface area contributed by atoms with Crippen LogP contribution < -0.4 is 0 Å². The van der Waals surface area contributed by atoms with Crippen molar-refractivity contribution in [3.05, 3.63) is 0 Å². The fourth-order valence-corrected chi connectivity index (χ4v) is 10.2. The number of aliphatic hydroxyl groups is 1. The highest BCUT2D eigenvalue weighted by molar-refractivity contribution is 6.84. The third kappa shape index (κ3) is 5.03. The van der Waals surface area contributed by atoms with E-state index in [1.54, 1.807) is 0 Å². The van der Waals surface area contributed by atoms with Gasteiger partial charge < -0.3 is 20.4 Å². The van der Waals surface area contributed by atoms with Gasteiger partial charge in [0.25, 0.3) is 0 Å². The summed E-state index contributed by atoms with van der Waals surface area (Å²) in [5.74, 6) is -4.70. The van der Waals surface area contributed by atoms with E-state index >= 15 is 0 Å². The molecule has 0 saturated carbocycles. The molecule has 4 N–H and O–H groups in total. The van der Waals surface area contributed by atoms with Gasteiger partial charge in [-0.2, -0.15) is 0 Å². The van der Waals surface area contributed by atoms with E-state index in [0.29, 0.717) is 37.4 Å². The summed E-state index contributed by atoms with van der Waals surface area (Å²) < 4.78 is 0. The van der Waals surface area contributed by atoms with E-state index in [1.807, 2.05) is 20.8 Å². The average Bonchev–Trinajstić information content (AvgIpc) is 2.37. The lowest BCUT2D eigenvalue weighted by Crippen LogP contribution is -2.58. The molecule has 134 valence electrons. The maximum absolute atomic E-state index is 11.9. The molecule has 7 nitrogen and oxygen atoms in total. The Morgan fingerprint density at radius 1 is 0.913 bits per heavy atom. The number of carbonyl (C=O) groups is 3. The summed E-state index contributed by atoms with van der Waals surface area (Å²) in [4.78, 5) is 34.6. The van der Waals surface area contributed by atoms with E-state index in [2.05, 4.69) is 0 Å². The summed E-state index contributed by atoms with van der Waals surface area (Å²) in [7, 11) is -2.75. The van der Waals surface area contributed by atoms with Crippen molar-refractivity contribution in [1.29, 1.82) is 0 Å². The zero-order valence-electron chi connectivity index (χ0n) is 14.0. The number of rotatable bonds is 12. The molecule has 2 atom stereocenters. The van der Waals surface area contributed by atoms with E-state index in [4.69, 9.17) is 5.11 Å². The topological polar surface area (TPSA) is 132 Å². The molecule has 0 saturated heterocycles. The molecule has 0 aromatic heterocycles. The Labute approximate surface area is 137 Å². The number of carboxylic acid groups (broad SMARTS) is 3. The van der Waals surface area contributed by atoms with Crippen molar-refractivity contribution >= 4 is 26.0 Å². The minimum Gasteiger partial charge on any atom is -0.481 e. The first kappa shape index (κ1) is 21.6. The van der Waals surface area contributed by atoms with Gasteiger partial charge in [-0.3, -0.25) is 9.59 Å². The second-order valence-corrected chi connectivity index (χ2v) is 11.0. The lowest BCUT2D eigenvalue weighted by atomic mass is 9.95. The monoisotopic (exact) mass is 348 g/mol. The quantitative estimate of drug-likeness (QED) is 0.398. The predicted octanol–water partition coefficient (Wildman–Crippen LogP) is 2.41. The van der Waals surface area contributed by atoms with E-state index in [1.165, 1.54) is 0 Å². The van der Waals surface area contributed by atoms with E-state index in [0.717, 1.165) is 0 Å². The number of hydrogen-bond acceptors (Lipinski definition) is 4. The van der Waals surface area contributed by atoms with Crippen LogP contribution in [0.2, 0.25) is 23.7 Å². The van der Waals surface area contributed by atoms with E-state index < -0.39 is 43.5 Å². The summed E-state index contributed by atoms with van der Waals surface area (Å²) in [6.07, 6.45) is 0.932. The minimum atomic E-state index is -2.77. The lowest BCUT2D eigenvalue weighted by Gasteiger charge is -2.43. The van der Waals surface area contributed by atoms with Crippen molar-refractivity contribution in [2.24, 2.45) is 0 Å². The molecular weight excluding hydrogens is 320 g/mol. The molecule has 0 bridgehead atoms. The van der Waals surface area contributed by atoms with Crippen molar-refractivity contribution in [3.8, 4) is 0 Å². The third-order valence-corrected chi connectivity index (χ3v) is 10.8. The van der Waals surface area contributed by atoms with Crippen molar-refractivity contribution in [1.82, 2.24) is 0 Å². The predicted molar refractivity (Wildman–Crippen MR) is 87.3 cm³/mol. The molecule has 0 aliphatic rings. The molecule has 0 fully saturated rings. The van der Waals surface area contributed by atoms with Gasteiger partial charge in [-0.1, -0.05) is 58.2 Å². The van der Waals surface area contributed by atoms with Gasteiger partial charge in [-0.05, 0) is 0 Å². The second kappa shape index (κ2) is 9.02. The SMILES string of the molecule is CCC[Si](CCC)(CCC)C(C(=O)O)C(O)(CC(=O)O)C(=O)O. The first-order valence-corrected chi connectivity index (χ1v) is 10.7. The van der Waals surface area contributed by atoms with Crippen LogP contribution in [0.1, 0.15) is 46.5 Å². The van der Waals surface area contributed by atoms with Crippen LogP contribution in [0.15, 0.2) is 0 Å². The molecule has 0 rings (SSSR count). The molecule has 0 aromatic carbocycles. The van der Waals surface area contributed by atoms with Crippen molar-refractivity contribution in [2.45, 2.75) is 75.7 Å². The molecule has 0 heterocycles. The average molecular weight is 348 g/mol. The summed E-state index contributed by atoms with van der Waals surface area (Å²) in [5.41, 5.74) is -4.31. The van der Waals surface area contributed by atoms with Gasteiger partial charge in [-0.15, -0.1) is 0 Å². The molecule has 0 radical (unpaired) electrons. The standard InChI is InChI=1S/C15H28O7Si/c1-4-7-23(8-5-2,9-6-3)12(13(18)19)15(22,14(20)21)10-11(16)17/h12,22H,4-10H2,1-3H3,(H,16,17)(H,18,19)(H,20,21). The lowest BCUT2D eigenvalue weighted by molar-refractivity contribution is -0.170. The molecule has 0 spiro atoms. The van der Waals surface area contributed by atoms with Gasteiger partial charge in [0.15, 0.2) is 5.60 Å². The van der Waals surface area contributed by atoms with E-state index in [9.17, 15) is 29.7 Å². The Morgan fingerprint density at radius 3 is 1.52 bits per heavy atom. The van der Waals surface area contributed by atoms with Crippen LogP contribution >= 0.6 is 0 Å². The molecule has 0 aromatic rings. The van der Waals surface area contributed by atoms with Gasteiger partial charge in [-0.25, -0.2) is 4.79 Å². The summed E-state index contributed by atoms with van der Waals surface area (Å²) >= 11 is 0. The molecule has 0 amide bonds. The van der Waals surface area contributed by atoms with Gasteiger partial charge in [0, 0.05) is 0 Å². The molecule has 2 unspecified atom stereocenters. The number of hydrogen-bond donors (Lipinski definition) is 4. The molecule has 0 aliphatic carbocycles. The van der Waals surface area contributed by atoms with Gasteiger partial charge in [0.05, 0.1) is 20.0 Å². The Bertz CT molecular complexity index is 421. The fourth-order valence-electron chi connectivity index (χ4n) is 3.81. The molecular formula is C15H28O7Si. The first-order chi connectivity index (χ1) is 10.6. The fraction of sp³-hybridized carbons (Fsp3) is 0.800. The molecule has 8 heteroatoms. The van der Waals surface area contributed by atoms with Crippen LogP contribution in [0.5, 0.6) is 0 Å². The third-order valence-electron chi connectivity index (χ3n) is 4.37. The smallest absolute Gasteiger partial charge is 0.336 e. The summed E-state index contributed by atoms with van der Waals surface area (Å²) in [5, 5.41) is 38.7. The van der Waals surface area contributed by atoms with E-state index in [-0.39, 0.29) is 0 Å². The number of aliphatic carboxylic acids is 3. The van der Waals surface area contributed by atoms with Gasteiger partial charge >= 0.3 is 17.9 Å². The van der Waals surface area contributed by atoms with Crippen LogP contribution in [0, 0.1) is 0 Å². The normalized spacial score (nSPS) is 15.7. The molecule has 0 aliphatic heterocycles. The Kier molecular flexibility index (Phi) is 8.47. The molecule has 23 heavy (non-hydrogen) atoms. The van der Waals surface area contributed by atoms with Gasteiger partial charge in [0.1, 0.15) is 0 Å². The Hall–Kier alpha value is -1.41. The maximum atomic E-state index is 11.9. The highest BCUT2D eigenvalue weighted by Crippen LogP contribution is 2.45. The van der Waals surface area contributed by atoms with Crippen LogP contribution in [-0.2, 0) is 14.4 Å². The highest BCUT2D eigenvalue weighted by atomic mass is 28.3. The van der Waals surface area contributed by atoms with Crippen molar-refractivity contribution < 1.29 is 34.8 Å². The largest absolute Gasteiger partial charge is 0.481 e. The Balaban J connectivity index is 6.25. The van der Waals surface area contributed by atoms with Crippen molar-refractivity contribution in [2.75, 3.05) is 0 Å². The first-order valence-electron chi connectivity index (χ1n) is 8.01. The minimum absolute atomic E-state index is 0.556. The second-order valence-electron chi connectivity index (χ2n) is 6.18. The van der Waals surface area contributed by atoms with Crippen molar-refractivity contribution in [3.63, 3.8) is 0 Å². The zero-order chi connectivity index (χ0) is 18.3. The van der Waals surface area contributed by atoms with Gasteiger partial charge in [0.2, 0.25) is 0 Å². The maximum Gasteiger partial charge on any atom is 0.336 e. The Morgan fingerprint density at radius 2 is 1.30 bits per heavy atom. The van der Waals surface area contributed by atoms with Crippen LogP contribution in [0.4, 0.5) is 0 Å². The number of carboxylic acids is 3. The highest BCUT2D eigenvalue weighted by Gasteiger charge is 2.59. The van der Waals surface area contributed by atoms with Crippen LogP contribution in [0.3, 0.4) is 0 Å². The summed E-state index contributed by atoms with van der Waals surface area (Å²) in [6.45, 7) is 5.68. The van der Waals surface area contributed by atoms with Crippen LogP contribution in [0.25, 0.3) is 0 Å².